The zero-order chi connectivity index (χ0) is 16.5. The van der Waals surface area contributed by atoms with Crippen molar-refractivity contribution in [2.24, 2.45) is 5.41 Å². The summed E-state index contributed by atoms with van der Waals surface area (Å²) in [5, 5.41) is 14.0. The average molecular weight is 310 g/mol. The third-order valence-electron chi connectivity index (χ3n) is 3.66. The first-order chi connectivity index (χ1) is 10.3. The fourth-order valence-corrected chi connectivity index (χ4v) is 2.46. The Morgan fingerprint density at radius 3 is 2.45 bits per heavy atom. The normalized spacial score (nSPS) is 19.8. The molecule has 0 bridgehead atoms. The number of alkyl carbamates (subject to hydrolysis) is 1. The number of methoxy groups -OCH3 is 2. The Morgan fingerprint density at radius 2 is 1.91 bits per heavy atom. The summed E-state index contributed by atoms with van der Waals surface area (Å²) in [4.78, 5) is 22.4. The molecule has 1 N–H and O–H groups in total. The lowest BCUT2D eigenvalue weighted by Crippen LogP contribution is -2.47. The van der Waals surface area contributed by atoms with Crippen LogP contribution in [0.1, 0.15) is 25.5 Å². The maximum Gasteiger partial charge on any atom is 0.407 e. The lowest BCUT2D eigenvalue weighted by molar-refractivity contribution is -0.386. The molecule has 22 heavy (non-hydrogen) atoms. The molecule has 1 amide bonds. The molecule has 0 aliphatic carbocycles. The number of benzene rings is 1. The van der Waals surface area contributed by atoms with Crippen molar-refractivity contribution in [3.05, 3.63) is 27.8 Å². The molecule has 2 rings (SSSR count). The predicted molar refractivity (Wildman–Crippen MR) is 77.2 cm³/mol. The van der Waals surface area contributed by atoms with Gasteiger partial charge in [0.15, 0.2) is 11.5 Å². The number of nitrogens with zero attached hydrogens (tertiary/aromatic N) is 1. The maximum absolute atomic E-state index is 11.5. The van der Waals surface area contributed by atoms with Crippen molar-refractivity contribution in [1.82, 2.24) is 5.32 Å². The lowest BCUT2D eigenvalue weighted by atomic mass is 9.79. The molecule has 1 aromatic rings. The van der Waals surface area contributed by atoms with Gasteiger partial charge in [0.2, 0.25) is 0 Å². The third-order valence-corrected chi connectivity index (χ3v) is 3.66. The number of nitro groups is 1. The van der Waals surface area contributed by atoms with Crippen LogP contribution in [0, 0.1) is 15.5 Å². The average Bonchev–Trinajstić information content (AvgIpc) is 2.48. The molecule has 1 saturated heterocycles. The molecule has 8 heteroatoms. The van der Waals surface area contributed by atoms with Gasteiger partial charge in [0.05, 0.1) is 36.8 Å². The summed E-state index contributed by atoms with van der Waals surface area (Å²) in [5.41, 5.74) is -0.305. The Hall–Kier alpha value is -2.51. The van der Waals surface area contributed by atoms with E-state index in [0.29, 0.717) is 11.3 Å². The van der Waals surface area contributed by atoms with Crippen LogP contribution in [0.2, 0.25) is 0 Å². The molecule has 1 atom stereocenters. The second-order valence-corrected chi connectivity index (χ2v) is 5.67. The number of hydrogen-bond acceptors (Lipinski definition) is 6. The van der Waals surface area contributed by atoms with Gasteiger partial charge in [0.1, 0.15) is 6.61 Å². The van der Waals surface area contributed by atoms with Gasteiger partial charge in [-0.1, -0.05) is 13.8 Å². The number of cyclic esters (lactones) is 1. The smallest absolute Gasteiger partial charge is 0.407 e. The largest absolute Gasteiger partial charge is 0.493 e. The minimum atomic E-state index is -0.603. The first kappa shape index (κ1) is 15.9. The van der Waals surface area contributed by atoms with Gasteiger partial charge in [-0.15, -0.1) is 0 Å². The van der Waals surface area contributed by atoms with Crippen LogP contribution in [0.25, 0.3) is 0 Å². The Kier molecular flexibility index (Phi) is 4.11. The monoisotopic (exact) mass is 310 g/mol. The molecule has 8 nitrogen and oxygen atoms in total. The lowest BCUT2D eigenvalue weighted by Gasteiger charge is -2.38. The molecule has 0 aromatic heterocycles. The molecule has 0 unspecified atom stereocenters. The highest BCUT2D eigenvalue weighted by atomic mass is 16.6. The van der Waals surface area contributed by atoms with Crippen molar-refractivity contribution >= 4 is 11.8 Å². The van der Waals surface area contributed by atoms with Crippen LogP contribution in [-0.2, 0) is 4.74 Å². The van der Waals surface area contributed by atoms with Crippen LogP contribution >= 0.6 is 0 Å². The van der Waals surface area contributed by atoms with Gasteiger partial charge < -0.3 is 19.5 Å². The Balaban J connectivity index is 2.61. The number of carbonyl (C=O) groups excluding carboxylic acids is 1. The van der Waals surface area contributed by atoms with E-state index in [4.69, 9.17) is 14.2 Å². The minimum Gasteiger partial charge on any atom is -0.493 e. The zero-order valence-electron chi connectivity index (χ0n) is 12.8. The first-order valence-corrected chi connectivity index (χ1v) is 6.63. The van der Waals surface area contributed by atoms with Crippen molar-refractivity contribution in [3.63, 3.8) is 0 Å². The van der Waals surface area contributed by atoms with E-state index in [1.165, 1.54) is 26.4 Å². The standard InChI is InChI=1S/C14H18N2O6/c1-14(2)7-22-13(17)15-12(14)8-5-10(20-3)11(21-4)6-9(8)16(18)19/h5-6,12H,7H2,1-4H3,(H,15,17)/t12-/m0/s1. The van der Waals surface area contributed by atoms with E-state index >= 15 is 0 Å². The highest BCUT2D eigenvalue weighted by Crippen LogP contribution is 2.44. The van der Waals surface area contributed by atoms with Crippen molar-refractivity contribution in [2.75, 3.05) is 20.8 Å². The SMILES string of the molecule is COc1cc([C@@H]2NC(=O)OCC2(C)C)c([N+](=O)[O-])cc1OC. The number of nitro benzene ring substituents is 1. The molecular formula is C14H18N2O6. The molecule has 120 valence electrons. The molecule has 0 radical (unpaired) electrons. The summed E-state index contributed by atoms with van der Waals surface area (Å²) in [5.74, 6) is 0.619. The van der Waals surface area contributed by atoms with Crippen molar-refractivity contribution in [3.8, 4) is 11.5 Å². The Morgan fingerprint density at radius 1 is 1.32 bits per heavy atom. The molecule has 1 aliphatic rings. The van der Waals surface area contributed by atoms with Crippen LogP contribution in [0.5, 0.6) is 11.5 Å². The molecule has 1 aromatic carbocycles. The maximum atomic E-state index is 11.5. The van der Waals surface area contributed by atoms with E-state index in [2.05, 4.69) is 5.32 Å². The van der Waals surface area contributed by atoms with Gasteiger partial charge in [-0.25, -0.2) is 4.79 Å². The van der Waals surface area contributed by atoms with Crippen LogP contribution in [0.4, 0.5) is 10.5 Å². The highest BCUT2D eigenvalue weighted by Gasteiger charge is 2.41. The van der Waals surface area contributed by atoms with Crippen LogP contribution in [-0.4, -0.2) is 31.8 Å². The quantitative estimate of drug-likeness (QED) is 0.677. The summed E-state index contributed by atoms with van der Waals surface area (Å²) >= 11 is 0. The Labute approximate surface area is 127 Å². The number of carbonyl (C=O) groups is 1. The van der Waals surface area contributed by atoms with Crippen molar-refractivity contribution in [1.29, 1.82) is 0 Å². The van der Waals surface area contributed by atoms with Gasteiger partial charge >= 0.3 is 6.09 Å². The summed E-state index contributed by atoms with van der Waals surface area (Å²) in [6.45, 7) is 3.88. The molecule has 0 saturated carbocycles. The highest BCUT2D eigenvalue weighted by molar-refractivity contribution is 5.70. The topological polar surface area (TPSA) is 99.9 Å². The van der Waals surface area contributed by atoms with Gasteiger partial charge in [0.25, 0.3) is 5.69 Å². The molecule has 1 aliphatic heterocycles. The van der Waals surface area contributed by atoms with Crippen LogP contribution in [0.3, 0.4) is 0 Å². The summed E-state index contributed by atoms with van der Waals surface area (Å²) in [6.07, 6.45) is -0.603. The van der Waals surface area contributed by atoms with E-state index in [1.54, 1.807) is 0 Å². The minimum absolute atomic E-state index is 0.141. The Bertz CT molecular complexity index is 614. The first-order valence-electron chi connectivity index (χ1n) is 6.63. The van der Waals surface area contributed by atoms with Gasteiger partial charge in [-0.2, -0.15) is 0 Å². The van der Waals surface area contributed by atoms with Gasteiger partial charge in [0, 0.05) is 5.41 Å². The van der Waals surface area contributed by atoms with Crippen molar-refractivity contribution < 1.29 is 23.9 Å². The molecule has 1 heterocycles. The molecular weight excluding hydrogens is 292 g/mol. The summed E-state index contributed by atoms with van der Waals surface area (Å²) in [7, 11) is 2.85. The molecule has 1 fully saturated rings. The van der Waals surface area contributed by atoms with E-state index < -0.39 is 22.5 Å². The molecule has 0 spiro atoms. The van der Waals surface area contributed by atoms with E-state index in [0.717, 1.165) is 0 Å². The second kappa shape index (κ2) is 5.70. The summed E-state index contributed by atoms with van der Waals surface area (Å²) < 4.78 is 15.3. The van der Waals surface area contributed by atoms with Gasteiger partial charge in [-0.3, -0.25) is 10.1 Å². The van der Waals surface area contributed by atoms with Crippen molar-refractivity contribution in [2.45, 2.75) is 19.9 Å². The van der Waals surface area contributed by atoms with E-state index in [-0.39, 0.29) is 18.0 Å². The fourth-order valence-electron chi connectivity index (χ4n) is 2.46. The fraction of sp³-hybridized carbons (Fsp3) is 0.500. The summed E-state index contributed by atoms with van der Waals surface area (Å²) in [6, 6.07) is 2.25. The number of rotatable bonds is 4. The zero-order valence-corrected chi connectivity index (χ0v) is 12.8. The predicted octanol–water partition coefficient (Wildman–Crippen LogP) is 2.42. The number of ether oxygens (including phenoxy) is 3. The van der Waals surface area contributed by atoms with Gasteiger partial charge in [-0.05, 0) is 6.07 Å². The third kappa shape index (κ3) is 2.76. The van der Waals surface area contributed by atoms with Crippen LogP contribution < -0.4 is 14.8 Å². The van der Waals surface area contributed by atoms with E-state index in [9.17, 15) is 14.9 Å². The number of nitrogens with one attached hydrogen (secondary N) is 1. The number of amides is 1. The second-order valence-electron chi connectivity index (χ2n) is 5.67. The van der Waals surface area contributed by atoms with Crippen LogP contribution in [0.15, 0.2) is 12.1 Å². The van der Waals surface area contributed by atoms with E-state index in [1.807, 2.05) is 13.8 Å². The number of hydrogen-bond donors (Lipinski definition) is 1.